The van der Waals surface area contributed by atoms with Gasteiger partial charge in [-0.05, 0) is 36.5 Å². The summed E-state index contributed by atoms with van der Waals surface area (Å²) in [7, 11) is 0. The van der Waals surface area contributed by atoms with E-state index in [9.17, 15) is 5.11 Å². The van der Waals surface area contributed by atoms with Crippen LogP contribution in [-0.2, 0) is 10.3 Å². The van der Waals surface area contributed by atoms with E-state index in [1.165, 1.54) is 16.7 Å². The van der Waals surface area contributed by atoms with Crippen molar-refractivity contribution in [1.82, 2.24) is 4.90 Å². The van der Waals surface area contributed by atoms with E-state index < -0.39 is 0 Å². The predicted molar refractivity (Wildman–Crippen MR) is 99.3 cm³/mol. The van der Waals surface area contributed by atoms with Crippen molar-refractivity contribution in [1.29, 1.82) is 0 Å². The van der Waals surface area contributed by atoms with Crippen molar-refractivity contribution in [3.05, 3.63) is 71.3 Å². The van der Waals surface area contributed by atoms with Crippen LogP contribution in [0.15, 0.2) is 54.6 Å². The lowest BCUT2D eigenvalue weighted by molar-refractivity contribution is -0.117. The molecule has 2 unspecified atom stereocenters. The maximum Gasteiger partial charge on any atom is 0.0967 e. The number of nitrogens with zero attached hydrogens (tertiary/aromatic N) is 1. The first-order valence-corrected chi connectivity index (χ1v) is 9.40. The van der Waals surface area contributed by atoms with E-state index in [2.05, 4.69) is 66.4 Å². The molecule has 2 aromatic carbocycles. The molecule has 1 spiro atoms. The number of fused-ring (bicyclic) bond motifs is 2. The van der Waals surface area contributed by atoms with Gasteiger partial charge in [-0.25, -0.2) is 0 Å². The van der Waals surface area contributed by atoms with Crippen molar-refractivity contribution >= 4 is 0 Å². The Labute approximate surface area is 150 Å². The standard InChI is InChI=1S/C22H27NO2/c1-17(18-7-3-2-4-8-18)23-14-12-22(13-15-23)20-10-6-5-9-19(20)21(25-22)11-16-24/h2-10,17,21,24H,11-16H2,1H3. The number of piperidine rings is 1. The number of hydrogen-bond acceptors (Lipinski definition) is 3. The monoisotopic (exact) mass is 337 g/mol. The fourth-order valence-corrected chi connectivity index (χ4v) is 4.53. The first-order chi connectivity index (χ1) is 12.2. The molecule has 3 heteroatoms. The third-order valence-corrected chi connectivity index (χ3v) is 5.99. The van der Waals surface area contributed by atoms with Gasteiger partial charge in [0.05, 0.1) is 11.7 Å². The molecule has 0 amide bonds. The van der Waals surface area contributed by atoms with Crippen molar-refractivity contribution in [2.24, 2.45) is 0 Å². The van der Waals surface area contributed by atoms with Crippen LogP contribution >= 0.6 is 0 Å². The van der Waals surface area contributed by atoms with Crippen LogP contribution in [0, 0.1) is 0 Å². The lowest BCUT2D eigenvalue weighted by Crippen LogP contribution is -2.43. The Balaban J connectivity index is 1.51. The van der Waals surface area contributed by atoms with Crippen LogP contribution in [0.4, 0.5) is 0 Å². The molecule has 132 valence electrons. The molecule has 0 bridgehead atoms. The van der Waals surface area contributed by atoms with E-state index in [4.69, 9.17) is 4.74 Å². The van der Waals surface area contributed by atoms with Crippen LogP contribution in [0.1, 0.15) is 55.0 Å². The molecule has 2 aliphatic heterocycles. The second-order valence-corrected chi connectivity index (χ2v) is 7.32. The van der Waals surface area contributed by atoms with Gasteiger partial charge in [0.15, 0.2) is 0 Å². The molecule has 1 fully saturated rings. The lowest BCUT2D eigenvalue weighted by Gasteiger charge is -2.42. The minimum absolute atomic E-state index is 0.0410. The zero-order valence-electron chi connectivity index (χ0n) is 14.9. The van der Waals surface area contributed by atoms with E-state index in [0.717, 1.165) is 25.9 Å². The van der Waals surface area contributed by atoms with Crippen LogP contribution in [0.25, 0.3) is 0 Å². The fraction of sp³-hybridized carbons (Fsp3) is 0.455. The van der Waals surface area contributed by atoms with Crippen LogP contribution < -0.4 is 0 Å². The van der Waals surface area contributed by atoms with Crippen molar-refractivity contribution in [2.45, 2.75) is 43.9 Å². The highest BCUT2D eigenvalue weighted by atomic mass is 16.5. The van der Waals surface area contributed by atoms with Gasteiger partial charge in [0.25, 0.3) is 0 Å². The molecule has 0 aromatic heterocycles. The van der Waals surface area contributed by atoms with E-state index >= 15 is 0 Å². The molecule has 4 rings (SSSR count). The third-order valence-electron chi connectivity index (χ3n) is 5.99. The second kappa shape index (κ2) is 6.91. The highest BCUT2D eigenvalue weighted by molar-refractivity contribution is 5.38. The van der Waals surface area contributed by atoms with E-state index in [-0.39, 0.29) is 18.3 Å². The van der Waals surface area contributed by atoms with E-state index in [1.807, 2.05) is 0 Å². The Bertz CT molecular complexity index is 707. The minimum atomic E-state index is -0.163. The zero-order valence-corrected chi connectivity index (χ0v) is 14.9. The van der Waals surface area contributed by atoms with Gasteiger partial charge in [0.1, 0.15) is 0 Å². The average Bonchev–Trinajstić information content (AvgIpc) is 2.97. The number of benzene rings is 2. The smallest absolute Gasteiger partial charge is 0.0967 e. The molecule has 2 heterocycles. The van der Waals surface area contributed by atoms with E-state index in [0.29, 0.717) is 12.5 Å². The number of hydrogen-bond donors (Lipinski definition) is 1. The van der Waals surface area contributed by atoms with Gasteiger partial charge in [-0.2, -0.15) is 0 Å². The first-order valence-electron chi connectivity index (χ1n) is 9.40. The summed E-state index contributed by atoms with van der Waals surface area (Å²) in [4.78, 5) is 2.56. The maximum atomic E-state index is 9.39. The Morgan fingerprint density at radius 2 is 1.76 bits per heavy atom. The summed E-state index contributed by atoms with van der Waals surface area (Å²) in [5.74, 6) is 0. The van der Waals surface area contributed by atoms with Gasteiger partial charge >= 0.3 is 0 Å². The molecule has 25 heavy (non-hydrogen) atoms. The van der Waals surface area contributed by atoms with Crippen molar-refractivity contribution in [3.8, 4) is 0 Å². The quantitative estimate of drug-likeness (QED) is 0.908. The minimum Gasteiger partial charge on any atom is -0.396 e. The van der Waals surface area contributed by atoms with Crippen molar-refractivity contribution in [2.75, 3.05) is 19.7 Å². The van der Waals surface area contributed by atoms with Gasteiger partial charge in [-0.15, -0.1) is 0 Å². The highest BCUT2D eigenvalue weighted by Crippen LogP contribution is 2.50. The van der Waals surface area contributed by atoms with Crippen LogP contribution in [0.2, 0.25) is 0 Å². The summed E-state index contributed by atoms with van der Waals surface area (Å²) >= 11 is 0. The Morgan fingerprint density at radius 1 is 1.08 bits per heavy atom. The normalized spacial score (nSPS) is 23.5. The third kappa shape index (κ3) is 3.01. The number of aliphatic hydroxyl groups excluding tert-OH is 1. The lowest BCUT2D eigenvalue weighted by atomic mass is 9.83. The van der Waals surface area contributed by atoms with Crippen molar-refractivity contribution in [3.63, 3.8) is 0 Å². The SMILES string of the molecule is CC(c1ccccc1)N1CCC2(CC1)OC(CCO)c1ccccc12. The summed E-state index contributed by atoms with van der Waals surface area (Å²) in [5, 5.41) is 9.39. The van der Waals surface area contributed by atoms with Gasteiger partial charge < -0.3 is 9.84 Å². The fourth-order valence-electron chi connectivity index (χ4n) is 4.53. The number of likely N-dealkylation sites (tertiary alicyclic amines) is 1. The largest absolute Gasteiger partial charge is 0.396 e. The molecule has 2 aliphatic rings. The van der Waals surface area contributed by atoms with Gasteiger partial charge in [-0.3, -0.25) is 4.90 Å². The Kier molecular flexibility index (Phi) is 4.63. The number of rotatable bonds is 4. The Morgan fingerprint density at radius 3 is 2.48 bits per heavy atom. The van der Waals surface area contributed by atoms with Crippen LogP contribution in [-0.4, -0.2) is 29.7 Å². The first kappa shape index (κ1) is 16.8. The zero-order chi connectivity index (χ0) is 17.3. The summed E-state index contributed by atoms with van der Waals surface area (Å²) < 4.78 is 6.55. The van der Waals surface area contributed by atoms with Gasteiger partial charge in [-0.1, -0.05) is 54.6 Å². The molecule has 2 aromatic rings. The summed E-state index contributed by atoms with van der Waals surface area (Å²) in [6.45, 7) is 4.55. The topological polar surface area (TPSA) is 32.7 Å². The van der Waals surface area contributed by atoms with Crippen LogP contribution in [0.5, 0.6) is 0 Å². The molecule has 0 radical (unpaired) electrons. The number of aliphatic hydroxyl groups is 1. The molecule has 1 saturated heterocycles. The van der Waals surface area contributed by atoms with Gasteiger partial charge in [0.2, 0.25) is 0 Å². The molecule has 3 nitrogen and oxygen atoms in total. The molecular formula is C22H27NO2. The number of ether oxygens (including phenoxy) is 1. The highest BCUT2D eigenvalue weighted by Gasteiger charge is 2.46. The van der Waals surface area contributed by atoms with E-state index in [1.54, 1.807) is 0 Å². The summed E-state index contributed by atoms with van der Waals surface area (Å²) in [6.07, 6.45) is 2.76. The summed E-state index contributed by atoms with van der Waals surface area (Å²) in [5.41, 5.74) is 3.84. The second-order valence-electron chi connectivity index (χ2n) is 7.32. The molecular weight excluding hydrogens is 310 g/mol. The molecule has 2 atom stereocenters. The molecule has 0 saturated carbocycles. The Hall–Kier alpha value is -1.68. The van der Waals surface area contributed by atoms with Crippen molar-refractivity contribution < 1.29 is 9.84 Å². The van der Waals surface area contributed by atoms with Gasteiger partial charge in [0, 0.05) is 32.2 Å². The summed E-state index contributed by atoms with van der Waals surface area (Å²) in [6, 6.07) is 19.8. The molecule has 0 aliphatic carbocycles. The predicted octanol–water partition coefficient (Wildman–Crippen LogP) is 4.19. The van der Waals surface area contributed by atoms with Crippen LogP contribution in [0.3, 0.4) is 0 Å². The average molecular weight is 337 g/mol. The molecule has 1 N–H and O–H groups in total. The maximum absolute atomic E-state index is 9.39.